The second-order valence-corrected chi connectivity index (χ2v) is 9.90. The van der Waals surface area contributed by atoms with E-state index in [1.54, 1.807) is 12.1 Å². The average molecular weight is 437 g/mol. The van der Waals surface area contributed by atoms with Crippen LogP contribution in [0.1, 0.15) is 15.2 Å². The summed E-state index contributed by atoms with van der Waals surface area (Å²) in [6.07, 6.45) is 1.20. The van der Waals surface area contributed by atoms with Crippen molar-refractivity contribution in [3.8, 4) is 0 Å². The van der Waals surface area contributed by atoms with Crippen LogP contribution in [0.15, 0.2) is 84.9 Å². The molecule has 0 fully saturated rings. The number of thiophene rings is 1. The number of carbonyl (C=O) groups excluding carboxylic acids is 1. The third-order valence-corrected chi connectivity index (χ3v) is 6.87. The van der Waals surface area contributed by atoms with Crippen LogP contribution in [0.3, 0.4) is 0 Å². The van der Waals surface area contributed by atoms with Gasteiger partial charge in [0, 0.05) is 10.4 Å². The summed E-state index contributed by atoms with van der Waals surface area (Å²) in [6.45, 7) is 0.247. The number of sulfonamides is 1. The zero-order chi connectivity index (χ0) is 21.1. The van der Waals surface area contributed by atoms with Crippen LogP contribution in [0, 0.1) is 0 Å². The molecule has 1 aromatic heterocycles. The molecule has 0 aliphatic heterocycles. The maximum atomic E-state index is 12.6. The van der Waals surface area contributed by atoms with Crippen LogP contribution in [0.4, 0.5) is 11.4 Å². The molecular weight excluding hydrogens is 416 g/mol. The van der Waals surface area contributed by atoms with Gasteiger partial charge in [-0.25, -0.2) is 8.42 Å². The van der Waals surface area contributed by atoms with Crippen molar-refractivity contribution in [3.63, 3.8) is 0 Å². The van der Waals surface area contributed by atoms with E-state index >= 15 is 0 Å². The normalized spacial score (nSPS) is 11.4. The summed E-state index contributed by atoms with van der Waals surface area (Å²) in [7, 11) is -3.48. The molecule has 1 N–H and O–H groups in total. The Kier molecular flexibility index (Phi) is 5.57. The van der Waals surface area contributed by atoms with Gasteiger partial charge in [0.1, 0.15) is 0 Å². The predicted octanol–water partition coefficient (Wildman–Crippen LogP) is 5.12. The van der Waals surface area contributed by atoms with Crippen LogP contribution in [0.5, 0.6) is 0 Å². The fraction of sp³-hybridized carbons (Fsp3) is 0.0870. The number of hydrogen-bond acceptors (Lipinski definition) is 4. The van der Waals surface area contributed by atoms with E-state index in [9.17, 15) is 13.2 Å². The summed E-state index contributed by atoms with van der Waals surface area (Å²) < 4.78 is 27.2. The highest BCUT2D eigenvalue weighted by Gasteiger charge is 2.19. The van der Waals surface area contributed by atoms with E-state index in [1.165, 1.54) is 21.9 Å². The van der Waals surface area contributed by atoms with Crippen LogP contribution in [-0.2, 0) is 16.6 Å². The third-order valence-electron chi connectivity index (χ3n) is 4.61. The molecule has 0 unspecified atom stereocenters. The molecule has 0 spiro atoms. The molecule has 0 atom stereocenters. The molecule has 5 nitrogen and oxygen atoms in total. The summed E-state index contributed by atoms with van der Waals surface area (Å²) >= 11 is 1.38. The Morgan fingerprint density at radius 1 is 0.933 bits per heavy atom. The Morgan fingerprint density at radius 2 is 1.60 bits per heavy atom. The molecule has 30 heavy (non-hydrogen) atoms. The van der Waals surface area contributed by atoms with Gasteiger partial charge in [0.05, 0.1) is 23.4 Å². The maximum absolute atomic E-state index is 12.6. The number of nitrogens with zero attached hydrogens (tertiary/aromatic N) is 1. The Bertz CT molecular complexity index is 1280. The number of amides is 1. The summed E-state index contributed by atoms with van der Waals surface area (Å²) in [5.41, 5.74) is 2.20. The minimum Gasteiger partial charge on any atom is -0.321 e. The van der Waals surface area contributed by atoms with Crippen LogP contribution < -0.4 is 9.62 Å². The highest BCUT2D eigenvalue weighted by molar-refractivity contribution is 7.92. The van der Waals surface area contributed by atoms with Gasteiger partial charge >= 0.3 is 0 Å². The van der Waals surface area contributed by atoms with Gasteiger partial charge in [0.25, 0.3) is 5.91 Å². The minimum atomic E-state index is -3.48. The van der Waals surface area contributed by atoms with Crippen LogP contribution in [-0.4, -0.2) is 20.6 Å². The monoisotopic (exact) mass is 436 g/mol. The molecule has 1 heterocycles. The van der Waals surface area contributed by atoms with Crippen molar-refractivity contribution >= 4 is 48.7 Å². The first kappa shape index (κ1) is 20.1. The molecule has 4 aromatic rings. The van der Waals surface area contributed by atoms with Gasteiger partial charge in [-0.05, 0) is 47.3 Å². The van der Waals surface area contributed by atoms with Crippen molar-refractivity contribution in [2.24, 2.45) is 0 Å². The zero-order valence-electron chi connectivity index (χ0n) is 16.3. The van der Waals surface area contributed by atoms with E-state index in [1.807, 2.05) is 72.8 Å². The molecular formula is C23H20N2O3S2. The molecule has 0 aliphatic rings. The molecule has 0 aliphatic carbocycles. The molecule has 0 saturated heterocycles. The lowest BCUT2D eigenvalue weighted by atomic mass is 10.2. The standard InChI is InChI=1S/C23H20N2O3S2/c1-30(27,28)25(16-17-8-4-2-5-9-17)20-12-13-21-18(14-20)15-22(29-21)23(26)24-19-10-6-3-7-11-19/h2-15H,16H2,1H3,(H,24,26). The molecule has 4 rings (SSSR count). The van der Waals surface area contributed by atoms with Gasteiger partial charge in [-0.15, -0.1) is 11.3 Å². The summed E-state index contributed by atoms with van der Waals surface area (Å²) in [5, 5.41) is 3.71. The number of nitrogens with one attached hydrogen (secondary N) is 1. The van der Waals surface area contributed by atoms with Gasteiger partial charge in [-0.2, -0.15) is 0 Å². The molecule has 3 aromatic carbocycles. The van der Waals surface area contributed by atoms with Gasteiger partial charge in [-0.3, -0.25) is 9.10 Å². The zero-order valence-corrected chi connectivity index (χ0v) is 17.9. The van der Waals surface area contributed by atoms with Crippen molar-refractivity contribution in [1.82, 2.24) is 0 Å². The number of rotatable bonds is 6. The molecule has 152 valence electrons. The lowest BCUT2D eigenvalue weighted by molar-refractivity contribution is 0.103. The molecule has 0 radical (unpaired) electrons. The fourth-order valence-electron chi connectivity index (χ4n) is 3.16. The SMILES string of the molecule is CS(=O)(=O)N(Cc1ccccc1)c1ccc2sc(C(=O)Nc3ccccc3)cc2c1. The number of hydrogen-bond donors (Lipinski definition) is 1. The van der Waals surface area contributed by atoms with Crippen molar-refractivity contribution < 1.29 is 13.2 Å². The topological polar surface area (TPSA) is 66.5 Å². The third kappa shape index (κ3) is 4.53. The predicted molar refractivity (Wildman–Crippen MR) is 124 cm³/mol. The molecule has 0 bridgehead atoms. The molecule has 0 saturated carbocycles. The van der Waals surface area contributed by atoms with Crippen molar-refractivity contribution in [2.75, 3.05) is 15.9 Å². The number of fused-ring (bicyclic) bond motifs is 1. The maximum Gasteiger partial charge on any atom is 0.265 e. The number of anilines is 2. The van der Waals surface area contributed by atoms with Crippen LogP contribution in [0.25, 0.3) is 10.1 Å². The summed E-state index contributed by atoms with van der Waals surface area (Å²) in [6, 6.07) is 26.0. The van der Waals surface area contributed by atoms with Gasteiger partial charge < -0.3 is 5.32 Å². The summed E-state index contributed by atoms with van der Waals surface area (Å²) in [4.78, 5) is 13.2. The second-order valence-electron chi connectivity index (χ2n) is 6.91. The van der Waals surface area contributed by atoms with Crippen molar-refractivity contribution in [3.05, 3.63) is 95.4 Å². The summed E-state index contributed by atoms with van der Waals surface area (Å²) in [5.74, 6) is -0.187. The van der Waals surface area contributed by atoms with Gasteiger partial charge in [-0.1, -0.05) is 48.5 Å². The largest absolute Gasteiger partial charge is 0.321 e. The number of benzene rings is 3. The van der Waals surface area contributed by atoms with E-state index in [0.29, 0.717) is 10.6 Å². The van der Waals surface area contributed by atoms with E-state index < -0.39 is 10.0 Å². The minimum absolute atomic E-state index is 0.187. The van der Waals surface area contributed by atoms with Crippen LogP contribution >= 0.6 is 11.3 Å². The highest BCUT2D eigenvalue weighted by atomic mass is 32.2. The van der Waals surface area contributed by atoms with E-state index in [4.69, 9.17) is 0 Å². The van der Waals surface area contributed by atoms with Crippen molar-refractivity contribution in [1.29, 1.82) is 0 Å². The number of carbonyl (C=O) groups is 1. The lowest BCUT2D eigenvalue weighted by Gasteiger charge is -2.22. The fourth-order valence-corrected chi connectivity index (χ4v) is 4.98. The average Bonchev–Trinajstić information content (AvgIpc) is 3.16. The Labute approximate surface area is 179 Å². The first-order valence-electron chi connectivity index (χ1n) is 9.32. The van der Waals surface area contributed by atoms with Gasteiger partial charge in [0.2, 0.25) is 10.0 Å². The Morgan fingerprint density at radius 3 is 2.27 bits per heavy atom. The first-order valence-corrected chi connectivity index (χ1v) is 12.0. The Hall–Kier alpha value is -3.16. The van der Waals surface area contributed by atoms with Gasteiger partial charge in [0.15, 0.2) is 0 Å². The van der Waals surface area contributed by atoms with E-state index in [-0.39, 0.29) is 12.5 Å². The lowest BCUT2D eigenvalue weighted by Crippen LogP contribution is -2.29. The number of para-hydroxylation sites is 1. The second kappa shape index (κ2) is 8.30. The quantitative estimate of drug-likeness (QED) is 0.456. The molecule has 7 heteroatoms. The van der Waals surface area contributed by atoms with Crippen LogP contribution in [0.2, 0.25) is 0 Å². The van der Waals surface area contributed by atoms with E-state index in [0.717, 1.165) is 21.3 Å². The Balaban J connectivity index is 1.64. The van der Waals surface area contributed by atoms with Crippen molar-refractivity contribution in [2.45, 2.75) is 6.54 Å². The first-order chi connectivity index (χ1) is 14.4. The molecule has 1 amide bonds. The smallest absolute Gasteiger partial charge is 0.265 e. The highest BCUT2D eigenvalue weighted by Crippen LogP contribution is 2.31. The van der Waals surface area contributed by atoms with E-state index in [2.05, 4.69) is 5.32 Å².